The van der Waals surface area contributed by atoms with Crippen LogP contribution in [0.2, 0.25) is 0 Å². The lowest BCUT2D eigenvalue weighted by Gasteiger charge is -2.17. The third kappa shape index (κ3) is 2.63. The quantitative estimate of drug-likeness (QED) is 0.895. The van der Waals surface area contributed by atoms with Gasteiger partial charge in [0, 0.05) is 25.1 Å². The van der Waals surface area contributed by atoms with Crippen LogP contribution in [0.3, 0.4) is 0 Å². The maximum absolute atomic E-state index is 5.54. The van der Waals surface area contributed by atoms with Gasteiger partial charge in [-0.2, -0.15) is 0 Å². The number of rotatable bonds is 5. The van der Waals surface area contributed by atoms with Gasteiger partial charge in [0.1, 0.15) is 12.0 Å². The van der Waals surface area contributed by atoms with E-state index in [2.05, 4.69) is 35.6 Å². The van der Waals surface area contributed by atoms with E-state index in [1.165, 1.54) is 11.1 Å². The molecule has 1 atom stereocenters. The van der Waals surface area contributed by atoms with Crippen molar-refractivity contribution in [2.45, 2.75) is 32.4 Å². The zero-order chi connectivity index (χ0) is 13.1. The maximum atomic E-state index is 5.54. The second kappa shape index (κ2) is 5.45. The molecule has 0 bridgehead atoms. The van der Waals surface area contributed by atoms with Gasteiger partial charge in [0.05, 0.1) is 12.3 Å². The number of fused-ring (bicyclic) bond motifs is 1. The fourth-order valence-corrected chi connectivity index (χ4v) is 2.48. The Kier molecular flexibility index (Phi) is 3.51. The van der Waals surface area contributed by atoms with E-state index >= 15 is 0 Å². The minimum atomic E-state index is 0.336. The Morgan fingerprint density at radius 3 is 3.11 bits per heavy atom. The molecule has 0 saturated carbocycles. The van der Waals surface area contributed by atoms with Gasteiger partial charge in [0.25, 0.3) is 0 Å². The highest BCUT2D eigenvalue weighted by Gasteiger charge is 2.16. The van der Waals surface area contributed by atoms with Crippen LogP contribution in [0.1, 0.15) is 36.2 Å². The van der Waals surface area contributed by atoms with Gasteiger partial charge in [-0.15, -0.1) is 0 Å². The van der Waals surface area contributed by atoms with E-state index < -0.39 is 0 Å². The summed E-state index contributed by atoms with van der Waals surface area (Å²) in [5.74, 6) is 1.04. The molecule has 0 saturated heterocycles. The Bertz CT molecular complexity index is 537. The molecule has 19 heavy (non-hydrogen) atoms. The number of hydrogen-bond donors (Lipinski definition) is 1. The predicted molar refractivity (Wildman–Crippen MR) is 72.0 cm³/mol. The molecule has 2 aromatic rings. The molecule has 100 valence electrons. The second-order valence-corrected chi connectivity index (χ2v) is 4.80. The standard InChI is InChI=1S/C15H18N2O2/c1-2-14(16-10-13-6-8-19-17-13)11-3-4-15-12(9-11)5-7-18-15/h3-4,6,8-9,14,16H,2,5,7,10H2,1H3. The number of nitrogens with one attached hydrogen (secondary N) is 1. The van der Waals surface area contributed by atoms with Gasteiger partial charge in [-0.3, -0.25) is 0 Å². The van der Waals surface area contributed by atoms with E-state index in [1.54, 1.807) is 6.26 Å². The Hall–Kier alpha value is -1.81. The van der Waals surface area contributed by atoms with Gasteiger partial charge in [-0.05, 0) is 23.6 Å². The van der Waals surface area contributed by atoms with Crippen molar-refractivity contribution in [1.82, 2.24) is 10.5 Å². The highest BCUT2D eigenvalue weighted by Crippen LogP contribution is 2.29. The van der Waals surface area contributed by atoms with Gasteiger partial charge in [0.15, 0.2) is 0 Å². The van der Waals surface area contributed by atoms with Crippen LogP contribution in [0.4, 0.5) is 0 Å². The van der Waals surface area contributed by atoms with Crippen molar-refractivity contribution in [2.75, 3.05) is 6.61 Å². The predicted octanol–water partition coefficient (Wildman–Crippen LogP) is 2.85. The number of benzene rings is 1. The Balaban J connectivity index is 1.71. The van der Waals surface area contributed by atoms with Crippen LogP contribution in [0, 0.1) is 0 Å². The lowest BCUT2D eigenvalue weighted by molar-refractivity contribution is 0.356. The first-order valence-corrected chi connectivity index (χ1v) is 6.75. The van der Waals surface area contributed by atoms with Gasteiger partial charge < -0.3 is 14.6 Å². The summed E-state index contributed by atoms with van der Waals surface area (Å²) in [5, 5.41) is 7.43. The van der Waals surface area contributed by atoms with Crippen molar-refractivity contribution < 1.29 is 9.26 Å². The fourth-order valence-electron chi connectivity index (χ4n) is 2.48. The van der Waals surface area contributed by atoms with E-state index in [4.69, 9.17) is 9.26 Å². The monoisotopic (exact) mass is 258 g/mol. The summed E-state index contributed by atoms with van der Waals surface area (Å²) in [4.78, 5) is 0. The van der Waals surface area contributed by atoms with Crippen LogP contribution in [0.5, 0.6) is 5.75 Å². The molecule has 1 unspecified atom stereocenters. The fraction of sp³-hybridized carbons (Fsp3) is 0.400. The van der Waals surface area contributed by atoms with Crippen molar-refractivity contribution in [3.05, 3.63) is 47.3 Å². The van der Waals surface area contributed by atoms with Crippen LogP contribution in [0.15, 0.2) is 35.1 Å². The lowest BCUT2D eigenvalue weighted by atomic mass is 10.0. The molecular weight excluding hydrogens is 240 g/mol. The molecular formula is C15H18N2O2. The molecule has 1 N–H and O–H groups in total. The molecule has 3 rings (SSSR count). The normalized spacial score (nSPS) is 15.0. The largest absolute Gasteiger partial charge is 0.493 e. The van der Waals surface area contributed by atoms with E-state index in [-0.39, 0.29) is 0 Å². The summed E-state index contributed by atoms with van der Waals surface area (Å²) in [5.41, 5.74) is 3.57. The van der Waals surface area contributed by atoms with Crippen molar-refractivity contribution in [1.29, 1.82) is 0 Å². The number of aromatic nitrogens is 1. The molecule has 0 fully saturated rings. The number of nitrogens with zero attached hydrogens (tertiary/aromatic N) is 1. The van der Waals surface area contributed by atoms with Crippen LogP contribution < -0.4 is 10.1 Å². The van der Waals surface area contributed by atoms with Crippen molar-refractivity contribution >= 4 is 0 Å². The summed E-state index contributed by atoms with van der Waals surface area (Å²) >= 11 is 0. The Morgan fingerprint density at radius 1 is 1.37 bits per heavy atom. The van der Waals surface area contributed by atoms with E-state index in [0.717, 1.165) is 37.4 Å². The lowest BCUT2D eigenvalue weighted by Crippen LogP contribution is -2.20. The van der Waals surface area contributed by atoms with Crippen LogP contribution in [0.25, 0.3) is 0 Å². The van der Waals surface area contributed by atoms with Gasteiger partial charge >= 0.3 is 0 Å². The molecule has 4 heteroatoms. The highest BCUT2D eigenvalue weighted by atomic mass is 16.5. The smallest absolute Gasteiger partial charge is 0.124 e. The number of ether oxygens (including phenoxy) is 1. The molecule has 1 aliphatic rings. The summed E-state index contributed by atoms with van der Waals surface area (Å²) < 4.78 is 10.4. The molecule has 1 aromatic carbocycles. The minimum absolute atomic E-state index is 0.336. The Morgan fingerprint density at radius 2 is 2.32 bits per heavy atom. The molecule has 4 nitrogen and oxygen atoms in total. The summed E-state index contributed by atoms with van der Waals surface area (Å²) in [6.45, 7) is 3.72. The topological polar surface area (TPSA) is 47.3 Å². The SMILES string of the molecule is CCC(NCc1ccon1)c1ccc2c(c1)CCO2. The first kappa shape index (κ1) is 12.2. The van der Waals surface area contributed by atoms with E-state index in [9.17, 15) is 0 Å². The average Bonchev–Trinajstić information content (AvgIpc) is 3.09. The molecule has 1 aliphatic heterocycles. The van der Waals surface area contributed by atoms with Gasteiger partial charge in [-0.25, -0.2) is 0 Å². The second-order valence-electron chi connectivity index (χ2n) is 4.80. The zero-order valence-corrected chi connectivity index (χ0v) is 11.1. The maximum Gasteiger partial charge on any atom is 0.124 e. The van der Waals surface area contributed by atoms with Crippen LogP contribution in [-0.2, 0) is 13.0 Å². The molecule has 0 radical (unpaired) electrons. The van der Waals surface area contributed by atoms with Crippen LogP contribution in [-0.4, -0.2) is 11.8 Å². The summed E-state index contributed by atoms with van der Waals surface area (Å²) in [7, 11) is 0. The molecule has 0 aliphatic carbocycles. The van der Waals surface area contributed by atoms with Crippen molar-refractivity contribution in [3.8, 4) is 5.75 Å². The molecule has 1 aromatic heterocycles. The summed E-state index contributed by atoms with van der Waals surface area (Å²) in [6, 6.07) is 8.71. The van der Waals surface area contributed by atoms with E-state index in [0.29, 0.717) is 6.04 Å². The minimum Gasteiger partial charge on any atom is -0.493 e. The van der Waals surface area contributed by atoms with Gasteiger partial charge in [-0.1, -0.05) is 24.2 Å². The summed E-state index contributed by atoms with van der Waals surface area (Å²) in [6.07, 6.45) is 3.66. The first-order valence-electron chi connectivity index (χ1n) is 6.75. The highest BCUT2D eigenvalue weighted by molar-refractivity contribution is 5.40. The zero-order valence-electron chi connectivity index (χ0n) is 11.1. The first-order chi connectivity index (χ1) is 9.36. The van der Waals surface area contributed by atoms with Gasteiger partial charge in [0.2, 0.25) is 0 Å². The van der Waals surface area contributed by atoms with Crippen LogP contribution >= 0.6 is 0 Å². The van der Waals surface area contributed by atoms with E-state index in [1.807, 2.05) is 6.07 Å². The third-order valence-electron chi connectivity index (χ3n) is 3.54. The Labute approximate surface area is 112 Å². The molecule has 0 spiro atoms. The molecule has 0 amide bonds. The van der Waals surface area contributed by atoms with Crippen molar-refractivity contribution in [2.24, 2.45) is 0 Å². The third-order valence-corrected chi connectivity index (χ3v) is 3.54. The number of hydrogen-bond acceptors (Lipinski definition) is 4. The average molecular weight is 258 g/mol. The molecule has 2 heterocycles. The van der Waals surface area contributed by atoms with Crippen molar-refractivity contribution in [3.63, 3.8) is 0 Å².